The molecule has 0 bridgehead atoms. The number of aliphatic hydroxyl groups is 2. The van der Waals surface area contributed by atoms with Crippen LogP contribution in [0.3, 0.4) is 0 Å². The highest BCUT2D eigenvalue weighted by atomic mass is 19.2. The largest absolute Gasteiger partial charge is 0.394 e. The van der Waals surface area contributed by atoms with E-state index in [1.165, 1.54) is 23.1 Å². The second kappa shape index (κ2) is 6.11. The molecule has 1 aliphatic heterocycles. The number of carbonyl (C=O) groups is 1. The van der Waals surface area contributed by atoms with Crippen LogP contribution in [0.1, 0.15) is 12.0 Å². The predicted octanol–water partition coefficient (Wildman–Crippen LogP) is 0.932. The minimum Gasteiger partial charge on any atom is -0.394 e. The first kappa shape index (κ1) is 14.6. The molecule has 0 radical (unpaired) electrons. The van der Waals surface area contributed by atoms with Crippen molar-refractivity contribution < 1.29 is 23.8 Å². The first-order chi connectivity index (χ1) is 9.51. The van der Waals surface area contributed by atoms with E-state index < -0.39 is 23.8 Å². The Morgan fingerprint density at radius 2 is 2.15 bits per heavy atom. The SMILES string of the molecule is O=C(/C=C/c1ccc(F)c(F)c1)N1C[C@H](O)C[C@H]1CO. The molecule has 1 fully saturated rings. The Bertz CT molecular complexity index is 533. The number of hydrogen-bond donors (Lipinski definition) is 2. The predicted molar refractivity (Wildman–Crippen MR) is 68.6 cm³/mol. The first-order valence-corrected chi connectivity index (χ1v) is 6.24. The summed E-state index contributed by atoms with van der Waals surface area (Å²) in [6, 6.07) is 2.91. The molecule has 1 amide bonds. The summed E-state index contributed by atoms with van der Waals surface area (Å²) in [4.78, 5) is 13.3. The highest BCUT2D eigenvalue weighted by Crippen LogP contribution is 2.18. The zero-order valence-electron chi connectivity index (χ0n) is 10.7. The molecular formula is C14H15F2NO3. The monoisotopic (exact) mass is 283 g/mol. The third kappa shape index (κ3) is 3.20. The molecule has 1 aromatic carbocycles. The fourth-order valence-electron chi connectivity index (χ4n) is 2.21. The summed E-state index contributed by atoms with van der Waals surface area (Å²) in [5, 5.41) is 18.6. The molecule has 0 aromatic heterocycles. The number of likely N-dealkylation sites (tertiary alicyclic amines) is 1. The van der Waals surface area contributed by atoms with Gasteiger partial charge in [0.05, 0.1) is 18.8 Å². The molecule has 20 heavy (non-hydrogen) atoms. The number of β-amino-alcohol motifs (C(OH)–C–C–N with tert-alkyl or cyclic N) is 1. The molecule has 1 saturated heterocycles. The van der Waals surface area contributed by atoms with E-state index in [9.17, 15) is 18.7 Å². The van der Waals surface area contributed by atoms with Crippen LogP contribution < -0.4 is 0 Å². The van der Waals surface area contributed by atoms with Crippen molar-refractivity contribution in [2.45, 2.75) is 18.6 Å². The molecule has 0 saturated carbocycles. The molecule has 2 atom stereocenters. The Morgan fingerprint density at radius 1 is 1.40 bits per heavy atom. The molecule has 108 valence electrons. The maximum Gasteiger partial charge on any atom is 0.246 e. The van der Waals surface area contributed by atoms with Gasteiger partial charge in [-0.15, -0.1) is 0 Å². The van der Waals surface area contributed by atoms with Crippen LogP contribution in [0.2, 0.25) is 0 Å². The summed E-state index contributed by atoms with van der Waals surface area (Å²) in [6.45, 7) is -0.0615. The van der Waals surface area contributed by atoms with Crippen molar-refractivity contribution in [2.75, 3.05) is 13.2 Å². The first-order valence-electron chi connectivity index (χ1n) is 6.24. The molecule has 0 spiro atoms. The van der Waals surface area contributed by atoms with E-state index in [1.54, 1.807) is 0 Å². The van der Waals surface area contributed by atoms with Gasteiger partial charge in [-0.3, -0.25) is 4.79 Å². The molecule has 1 aliphatic rings. The van der Waals surface area contributed by atoms with Crippen LogP contribution in [0, 0.1) is 11.6 Å². The second-order valence-electron chi connectivity index (χ2n) is 4.72. The Hall–Kier alpha value is -1.79. The van der Waals surface area contributed by atoms with Crippen molar-refractivity contribution >= 4 is 12.0 Å². The number of rotatable bonds is 3. The molecule has 2 N–H and O–H groups in total. The molecule has 6 heteroatoms. The van der Waals surface area contributed by atoms with E-state index in [4.69, 9.17) is 5.11 Å². The van der Waals surface area contributed by atoms with Gasteiger partial charge < -0.3 is 15.1 Å². The minimum atomic E-state index is -0.982. The average molecular weight is 283 g/mol. The maximum atomic E-state index is 13.0. The van der Waals surface area contributed by atoms with Gasteiger partial charge in [-0.1, -0.05) is 6.07 Å². The summed E-state index contributed by atoms with van der Waals surface area (Å²) < 4.78 is 25.8. The van der Waals surface area contributed by atoms with Crippen LogP contribution in [0.15, 0.2) is 24.3 Å². The normalized spacial score (nSPS) is 22.7. The number of amides is 1. The maximum absolute atomic E-state index is 13.0. The van der Waals surface area contributed by atoms with Gasteiger partial charge >= 0.3 is 0 Å². The Morgan fingerprint density at radius 3 is 2.80 bits per heavy atom. The van der Waals surface area contributed by atoms with Crippen LogP contribution in [0.25, 0.3) is 6.08 Å². The van der Waals surface area contributed by atoms with Gasteiger partial charge in [0.25, 0.3) is 0 Å². The van der Waals surface area contributed by atoms with E-state index in [1.807, 2.05) is 0 Å². The summed E-state index contributed by atoms with van der Waals surface area (Å²) in [5.74, 6) is -2.31. The molecule has 0 unspecified atom stereocenters. The number of carbonyl (C=O) groups excluding carboxylic acids is 1. The van der Waals surface area contributed by atoms with Crippen LogP contribution in [0.5, 0.6) is 0 Å². The third-order valence-electron chi connectivity index (χ3n) is 3.25. The van der Waals surface area contributed by atoms with E-state index in [0.717, 1.165) is 12.1 Å². The Kier molecular flexibility index (Phi) is 4.46. The lowest BCUT2D eigenvalue weighted by molar-refractivity contribution is -0.127. The lowest BCUT2D eigenvalue weighted by atomic mass is 10.2. The second-order valence-corrected chi connectivity index (χ2v) is 4.72. The summed E-state index contributed by atoms with van der Waals surface area (Å²) in [7, 11) is 0. The van der Waals surface area contributed by atoms with Crippen LogP contribution >= 0.6 is 0 Å². The highest BCUT2D eigenvalue weighted by molar-refractivity contribution is 5.92. The van der Waals surface area contributed by atoms with Crippen molar-refractivity contribution in [3.05, 3.63) is 41.5 Å². The van der Waals surface area contributed by atoms with Gasteiger partial charge in [0.1, 0.15) is 0 Å². The van der Waals surface area contributed by atoms with Gasteiger partial charge in [0, 0.05) is 12.6 Å². The fourth-order valence-corrected chi connectivity index (χ4v) is 2.21. The summed E-state index contributed by atoms with van der Waals surface area (Å²) >= 11 is 0. The van der Waals surface area contributed by atoms with Gasteiger partial charge in [0.15, 0.2) is 11.6 Å². The molecular weight excluding hydrogens is 268 g/mol. The lowest BCUT2D eigenvalue weighted by Crippen LogP contribution is -2.36. The molecule has 1 heterocycles. The van der Waals surface area contributed by atoms with Crippen molar-refractivity contribution in [2.24, 2.45) is 0 Å². The minimum absolute atomic E-state index is 0.159. The van der Waals surface area contributed by atoms with Crippen molar-refractivity contribution in [1.82, 2.24) is 4.90 Å². The number of nitrogens with zero attached hydrogens (tertiary/aromatic N) is 1. The third-order valence-corrected chi connectivity index (χ3v) is 3.25. The Balaban J connectivity index is 2.07. The quantitative estimate of drug-likeness (QED) is 0.811. The smallest absolute Gasteiger partial charge is 0.246 e. The summed E-state index contributed by atoms with van der Waals surface area (Å²) in [5.41, 5.74) is 0.359. The van der Waals surface area contributed by atoms with Crippen LogP contribution in [-0.4, -0.2) is 46.3 Å². The molecule has 2 rings (SSSR count). The number of benzene rings is 1. The van der Waals surface area contributed by atoms with E-state index in [0.29, 0.717) is 12.0 Å². The highest BCUT2D eigenvalue weighted by Gasteiger charge is 2.32. The zero-order chi connectivity index (χ0) is 14.7. The van der Waals surface area contributed by atoms with Crippen LogP contribution in [-0.2, 0) is 4.79 Å². The van der Waals surface area contributed by atoms with Gasteiger partial charge in [-0.25, -0.2) is 8.78 Å². The fraction of sp³-hybridized carbons (Fsp3) is 0.357. The van der Waals surface area contributed by atoms with Gasteiger partial charge in [-0.2, -0.15) is 0 Å². The van der Waals surface area contributed by atoms with Crippen molar-refractivity contribution in [3.8, 4) is 0 Å². The van der Waals surface area contributed by atoms with Crippen molar-refractivity contribution in [1.29, 1.82) is 0 Å². The van der Waals surface area contributed by atoms with Gasteiger partial charge in [0.2, 0.25) is 5.91 Å². The van der Waals surface area contributed by atoms with Crippen LogP contribution in [0.4, 0.5) is 8.78 Å². The standard InChI is InChI=1S/C14H15F2NO3/c15-12-3-1-9(5-13(12)16)2-4-14(20)17-7-11(19)6-10(17)8-18/h1-5,10-11,18-19H,6-8H2/b4-2+/t10-,11+/m0/s1. The molecule has 0 aliphatic carbocycles. The summed E-state index contributed by atoms with van der Waals surface area (Å²) in [6.07, 6.45) is 2.27. The Labute approximate surface area is 114 Å². The molecule has 4 nitrogen and oxygen atoms in total. The van der Waals surface area contributed by atoms with E-state index in [2.05, 4.69) is 0 Å². The average Bonchev–Trinajstić information content (AvgIpc) is 2.81. The number of halogens is 2. The van der Waals surface area contributed by atoms with E-state index in [-0.39, 0.29) is 19.1 Å². The zero-order valence-corrected chi connectivity index (χ0v) is 10.7. The lowest BCUT2D eigenvalue weighted by Gasteiger charge is -2.20. The topological polar surface area (TPSA) is 60.8 Å². The van der Waals surface area contributed by atoms with E-state index >= 15 is 0 Å². The number of hydrogen-bond acceptors (Lipinski definition) is 3. The van der Waals surface area contributed by atoms with Crippen molar-refractivity contribution in [3.63, 3.8) is 0 Å². The molecule has 1 aromatic rings. The number of aliphatic hydroxyl groups excluding tert-OH is 2. The van der Waals surface area contributed by atoms with Gasteiger partial charge in [-0.05, 0) is 30.2 Å².